The van der Waals surface area contributed by atoms with E-state index in [1.807, 2.05) is 49.9 Å². The minimum atomic E-state index is -0.544. The molecule has 1 N–H and O–H groups in total. The fourth-order valence-electron chi connectivity index (χ4n) is 3.24. The largest absolute Gasteiger partial charge is 0.341 e. The van der Waals surface area contributed by atoms with E-state index in [9.17, 15) is 9.59 Å². The SMILES string of the molecule is CC(C)(C)C(=O)N1CCC2(C1)C(=O)Nc1ccccc12. The molecular formula is C16H20N2O2. The summed E-state index contributed by atoms with van der Waals surface area (Å²) in [4.78, 5) is 26.7. The average Bonchev–Trinajstić information content (AvgIpc) is 2.93. The van der Waals surface area contributed by atoms with Crippen LogP contribution in [-0.2, 0) is 15.0 Å². The Balaban J connectivity index is 1.93. The Bertz CT molecular complexity index is 588. The molecule has 1 unspecified atom stereocenters. The van der Waals surface area contributed by atoms with Crippen molar-refractivity contribution in [2.45, 2.75) is 32.6 Å². The molecule has 106 valence electrons. The van der Waals surface area contributed by atoms with Crippen molar-refractivity contribution in [3.8, 4) is 0 Å². The van der Waals surface area contributed by atoms with Crippen LogP contribution < -0.4 is 5.32 Å². The highest BCUT2D eigenvalue weighted by Crippen LogP contribution is 2.44. The second-order valence-corrected chi connectivity index (χ2v) is 6.81. The first-order valence-electron chi connectivity index (χ1n) is 7.05. The summed E-state index contributed by atoms with van der Waals surface area (Å²) >= 11 is 0. The quantitative estimate of drug-likeness (QED) is 0.786. The number of rotatable bonds is 0. The van der Waals surface area contributed by atoms with Crippen molar-refractivity contribution in [2.75, 3.05) is 18.4 Å². The van der Waals surface area contributed by atoms with E-state index in [0.717, 1.165) is 11.3 Å². The number of hydrogen-bond acceptors (Lipinski definition) is 2. The second kappa shape index (κ2) is 4.08. The van der Waals surface area contributed by atoms with Crippen molar-refractivity contribution < 1.29 is 9.59 Å². The molecule has 1 aromatic carbocycles. The van der Waals surface area contributed by atoms with Crippen molar-refractivity contribution in [3.05, 3.63) is 29.8 Å². The van der Waals surface area contributed by atoms with Gasteiger partial charge in [0.05, 0.1) is 5.41 Å². The third-order valence-electron chi connectivity index (χ3n) is 4.32. The van der Waals surface area contributed by atoms with Crippen LogP contribution in [0.15, 0.2) is 24.3 Å². The number of anilines is 1. The zero-order valence-electron chi connectivity index (χ0n) is 12.2. The molecule has 1 saturated heterocycles. The Morgan fingerprint density at radius 1 is 1.30 bits per heavy atom. The van der Waals surface area contributed by atoms with E-state index in [0.29, 0.717) is 19.5 Å². The molecule has 4 nitrogen and oxygen atoms in total. The van der Waals surface area contributed by atoms with Gasteiger partial charge >= 0.3 is 0 Å². The van der Waals surface area contributed by atoms with Crippen LogP contribution in [0.4, 0.5) is 5.69 Å². The molecule has 2 heterocycles. The molecule has 1 fully saturated rings. The van der Waals surface area contributed by atoms with Crippen molar-refractivity contribution >= 4 is 17.5 Å². The molecule has 2 aliphatic heterocycles. The first kappa shape index (κ1) is 13.2. The summed E-state index contributed by atoms with van der Waals surface area (Å²) in [6.45, 7) is 6.90. The Kier molecular flexibility index (Phi) is 2.68. The number of para-hydroxylation sites is 1. The lowest BCUT2D eigenvalue weighted by molar-refractivity contribution is -0.138. The van der Waals surface area contributed by atoms with E-state index in [1.165, 1.54) is 0 Å². The lowest BCUT2D eigenvalue weighted by Crippen LogP contribution is -2.42. The molecule has 0 aromatic heterocycles. The number of likely N-dealkylation sites (tertiary alicyclic amines) is 1. The number of amides is 2. The molecular weight excluding hydrogens is 252 g/mol. The Hall–Kier alpha value is -1.84. The smallest absolute Gasteiger partial charge is 0.236 e. The van der Waals surface area contributed by atoms with Crippen LogP contribution in [0.5, 0.6) is 0 Å². The van der Waals surface area contributed by atoms with Gasteiger partial charge in [-0.25, -0.2) is 0 Å². The van der Waals surface area contributed by atoms with Gasteiger partial charge in [-0.3, -0.25) is 9.59 Å². The van der Waals surface area contributed by atoms with Crippen LogP contribution >= 0.6 is 0 Å². The van der Waals surface area contributed by atoms with Gasteiger partial charge in [-0.2, -0.15) is 0 Å². The topological polar surface area (TPSA) is 49.4 Å². The maximum absolute atomic E-state index is 12.4. The summed E-state index contributed by atoms with van der Waals surface area (Å²) in [6.07, 6.45) is 0.706. The molecule has 4 heteroatoms. The number of hydrogen-bond donors (Lipinski definition) is 1. The van der Waals surface area contributed by atoms with Crippen molar-refractivity contribution in [2.24, 2.45) is 5.41 Å². The predicted octanol–water partition coefficient (Wildman–Crippen LogP) is 2.15. The number of carbonyl (C=O) groups is 2. The van der Waals surface area contributed by atoms with E-state index < -0.39 is 10.8 Å². The number of fused-ring (bicyclic) bond motifs is 2. The fraction of sp³-hybridized carbons (Fsp3) is 0.500. The van der Waals surface area contributed by atoms with Crippen LogP contribution in [-0.4, -0.2) is 29.8 Å². The summed E-state index contributed by atoms with van der Waals surface area (Å²) in [7, 11) is 0. The average molecular weight is 272 g/mol. The van der Waals surface area contributed by atoms with Gasteiger partial charge in [0.1, 0.15) is 0 Å². The third-order valence-corrected chi connectivity index (χ3v) is 4.32. The van der Waals surface area contributed by atoms with Crippen LogP contribution in [0.3, 0.4) is 0 Å². The number of nitrogens with one attached hydrogen (secondary N) is 1. The highest BCUT2D eigenvalue weighted by Gasteiger charge is 2.52. The van der Waals surface area contributed by atoms with Crippen LogP contribution in [0.2, 0.25) is 0 Å². The lowest BCUT2D eigenvalue weighted by Gasteiger charge is -2.27. The third kappa shape index (κ3) is 1.74. The van der Waals surface area contributed by atoms with Gasteiger partial charge in [-0.1, -0.05) is 39.0 Å². The van der Waals surface area contributed by atoms with E-state index in [4.69, 9.17) is 0 Å². The lowest BCUT2D eigenvalue weighted by atomic mass is 9.81. The van der Waals surface area contributed by atoms with Crippen LogP contribution in [0.25, 0.3) is 0 Å². The number of benzene rings is 1. The van der Waals surface area contributed by atoms with Gasteiger partial charge in [0, 0.05) is 24.2 Å². The molecule has 1 spiro atoms. The van der Waals surface area contributed by atoms with E-state index in [-0.39, 0.29) is 11.8 Å². The first-order valence-corrected chi connectivity index (χ1v) is 7.05. The maximum atomic E-state index is 12.4. The molecule has 0 saturated carbocycles. The van der Waals surface area contributed by atoms with Crippen molar-refractivity contribution in [1.29, 1.82) is 0 Å². The van der Waals surface area contributed by atoms with E-state index in [2.05, 4.69) is 5.32 Å². The van der Waals surface area contributed by atoms with Gasteiger partial charge in [0.25, 0.3) is 0 Å². The fourth-order valence-corrected chi connectivity index (χ4v) is 3.24. The number of nitrogens with zero attached hydrogens (tertiary/aromatic N) is 1. The van der Waals surface area contributed by atoms with Gasteiger partial charge in [0.2, 0.25) is 11.8 Å². The molecule has 2 aliphatic rings. The Labute approximate surface area is 119 Å². The standard InChI is InChI=1S/C16H20N2O2/c1-15(2,3)14(20)18-9-8-16(10-18)11-6-4-5-7-12(11)17-13(16)19/h4-7H,8-10H2,1-3H3,(H,17,19). The molecule has 0 bridgehead atoms. The van der Waals surface area contributed by atoms with E-state index in [1.54, 1.807) is 0 Å². The summed E-state index contributed by atoms with van der Waals surface area (Å²) < 4.78 is 0. The predicted molar refractivity (Wildman–Crippen MR) is 77.4 cm³/mol. The summed E-state index contributed by atoms with van der Waals surface area (Å²) in [5.74, 6) is 0.148. The molecule has 20 heavy (non-hydrogen) atoms. The van der Waals surface area contributed by atoms with Crippen molar-refractivity contribution in [3.63, 3.8) is 0 Å². The zero-order chi connectivity index (χ0) is 14.5. The molecule has 0 radical (unpaired) electrons. The molecule has 3 rings (SSSR count). The first-order chi connectivity index (χ1) is 9.34. The molecule has 2 amide bonds. The monoisotopic (exact) mass is 272 g/mol. The molecule has 1 aromatic rings. The second-order valence-electron chi connectivity index (χ2n) is 6.81. The Morgan fingerprint density at radius 3 is 2.70 bits per heavy atom. The zero-order valence-corrected chi connectivity index (χ0v) is 12.2. The van der Waals surface area contributed by atoms with Gasteiger partial charge in [0.15, 0.2) is 0 Å². The summed E-state index contributed by atoms with van der Waals surface area (Å²) in [6, 6.07) is 7.80. The number of carbonyl (C=O) groups excluding carboxylic acids is 2. The van der Waals surface area contributed by atoms with Crippen LogP contribution in [0, 0.1) is 5.41 Å². The highest BCUT2D eigenvalue weighted by molar-refractivity contribution is 6.07. The van der Waals surface area contributed by atoms with Crippen molar-refractivity contribution in [1.82, 2.24) is 4.90 Å². The minimum absolute atomic E-state index is 0.0305. The van der Waals surface area contributed by atoms with Gasteiger partial charge < -0.3 is 10.2 Å². The summed E-state index contributed by atoms with van der Waals surface area (Å²) in [5.41, 5.74) is 0.981. The summed E-state index contributed by atoms with van der Waals surface area (Å²) in [5, 5.41) is 2.95. The van der Waals surface area contributed by atoms with Crippen LogP contribution in [0.1, 0.15) is 32.8 Å². The van der Waals surface area contributed by atoms with E-state index >= 15 is 0 Å². The highest BCUT2D eigenvalue weighted by atomic mass is 16.2. The minimum Gasteiger partial charge on any atom is -0.341 e. The molecule has 0 aliphatic carbocycles. The maximum Gasteiger partial charge on any atom is 0.236 e. The normalized spacial score (nSPS) is 24.9. The van der Waals surface area contributed by atoms with Gasteiger partial charge in [-0.15, -0.1) is 0 Å². The Morgan fingerprint density at radius 2 is 2.00 bits per heavy atom. The molecule has 1 atom stereocenters. The van der Waals surface area contributed by atoms with Gasteiger partial charge in [-0.05, 0) is 18.1 Å².